The second-order valence-electron chi connectivity index (χ2n) is 9.47. The molecular formula is C32H36NNaO7. The van der Waals surface area contributed by atoms with Gasteiger partial charge >= 0.3 is 35.5 Å². The minimum atomic E-state index is -1.04. The van der Waals surface area contributed by atoms with E-state index in [1.54, 1.807) is 24.3 Å². The maximum atomic E-state index is 11.6. The Bertz CT molecular complexity index is 1470. The maximum Gasteiger partial charge on any atom is 1.00 e. The quantitative estimate of drug-likeness (QED) is 0.177. The molecule has 0 unspecified atom stereocenters. The summed E-state index contributed by atoms with van der Waals surface area (Å²) in [7, 11) is 0. The van der Waals surface area contributed by atoms with Crippen molar-refractivity contribution in [2.45, 2.75) is 53.4 Å². The topological polar surface area (TPSA) is 111 Å². The fourth-order valence-corrected chi connectivity index (χ4v) is 4.64. The van der Waals surface area contributed by atoms with Crippen LogP contribution in [0.4, 0.5) is 0 Å². The second kappa shape index (κ2) is 15.0. The smallest absolute Gasteiger partial charge is 1.00 e. The van der Waals surface area contributed by atoms with Crippen molar-refractivity contribution in [3.63, 3.8) is 0 Å². The number of carbonyl (C=O) groups is 1. The molecule has 2 N–H and O–H groups in total. The molecule has 3 aromatic carbocycles. The Morgan fingerprint density at radius 1 is 0.951 bits per heavy atom. The van der Waals surface area contributed by atoms with E-state index in [0.29, 0.717) is 54.6 Å². The summed E-state index contributed by atoms with van der Waals surface area (Å²) in [6.45, 7) is 8.60. The largest absolute Gasteiger partial charge is 1.00 e. The van der Waals surface area contributed by atoms with Gasteiger partial charge in [0.15, 0.2) is 0 Å². The van der Waals surface area contributed by atoms with E-state index < -0.39 is 5.97 Å². The molecule has 0 aliphatic rings. The molecule has 0 aliphatic heterocycles. The van der Waals surface area contributed by atoms with Crippen molar-refractivity contribution in [2.24, 2.45) is 0 Å². The first-order valence-corrected chi connectivity index (χ1v) is 13.5. The van der Waals surface area contributed by atoms with E-state index in [1.165, 1.54) is 6.07 Å². The van der Waals surface area contributed by atoms with Gasteiger partial charge in [-0.25, -0.2) is 4.79 Å². The molecule has 4 aromatic rings. The summed E-state index contributed by atoms with van der Waals surface area (Å²) in [6.07, 6.45) is 2.94. The Labute approximate surface area is 264 Å². The predicted molar refractivity (Wildman–Crippen MR) is 153 cm³/mol. The fraction of sp³-hybridized carbons (Fsp3) is 0.312. The average molecular weight is 570 g/mol. The van der Waals surface area contributed by atoms with Crippen LogP contribution in [0.5, 0.6) is 28.7 Å². The number of hydrogen-bond acceptors (Lipinski definition) is 7. The van der Waals surface area contributed by atoms with Gasteiger partial charge in [0.2, 0.25) is 0 Å². The third-order valence-corrected chi connectivity index (χ3v) is 6.59. The zero-order valence-electron chi connectivity index (χ0n) is 25.3. The molecule has 1 aromatic heterocycles. The van der Waals surface area contributed by atoms with Gasteiger partial charge in [-0.2, -0.15) is 0 Å². The molecule has 0 aliphatic carbocycles. The Kier molecular flexibility index (Phi) is 11.7. The molecule has 4 rings (SSSR count). The third kappa shape index (κ3) is 7.64. The van der Waals surface area contributed by atoms with Crippen LogP contribution in [0.15, 0.2) is 59.1 Å². The summed E-state index contributed by atoms with van der Waals surface area (Å²) in [5, 5.41) is 24.2. The van der Waals surface area contributed by atoms with Crippen LogP contribution >= 0.6 is 0 Å². The number of aromatic hydroxyl groups is 1. The van der Waals surface area contributed by atoms with E-state index in [0.717, 1.165) is 35.2 Å². The number of phenolic OH excluding ortho intramolecular Hbond substituents is 1. The summed E-state index contributed by atoms with van der Waals surface area (Å²) in [6, 6.07) is 15.7. The van der Waals surface area contributed by atoms with Crippen LogP contribution in [-0.4, -0.2) is 34.6 Å². The van der Waals surface area contributed by atoms with Crippen LogP contribution < -0.4 is 43.8 Å². The van der Waals surface area contributed by atoms with Crippen LogP contribution in [0, 0.1) is 13.8 Å². The number of rotatable bonds is 13. The van der Waals surface area contributed by atoms with Crippen LogP contribution in [0.2, 0.25) is 0 Å². The van der Waals surface area contributed by atoms with E-state index in [-0.39, 0.29) is 48.0 Å². The number of aromatic nitrogens is 1. The summed E-state index contributed by atoms with van der Waals surface area (Å²) in [5.74, 6) is 1.92. The number of nitrogens with zero attached hydrogens (tertiary/aromatic N) is 1. The second-order valence-corrected chi connectivity index (χ2v) is 9.47. The zero-order valence-corrected chi connectivity index (χ0v) is 26.3. The number of ether oxygens (including phenoxy) is 3. The van der Waals surface area contributed by atoms with Crippen molar-refractivity contribution in [1.82, 2.24) is 5.16 Å². The van der Waals surface area contributed by atoms with Gasteiger partial charge in [-0.3, -0.25) is 0 Å². The van der Waals surface area contributed by atoms with Gasteiger partial charge in [0.1, 0.15) is 40.1 Å². The number of hydrogen-bond donors (Lipinski definition) is 2. The molecule has 0 saturated carbocycles. The van der Waals surface area contributed by atoms with Gasteiger partial charge in [-0.05, 0) is 62.6 Å². The first kappa shape index (κ1) is 32.1. The molecule has 0 bridgehead atoms. The van der Waals surface area contributed by atoms with Crippen molar-refractivity contribution in [2.75, 3.05) is 13.2 Å². The van der Waals surface area contributed by atoms with Gasteiger partial charge in [-0.1, -0.05) is 43.6 Å². The van der Waals surface area contributed by atoms with Crippen molar-refractivity contribution < 1.29 is 64.7 Å². The SMILES string of the molecule is CCCc1c(OCCCOc2cc(O)c(-c3c(C)noc3C)cc2CC)cccc1Oc1ccccc1C(=O)O.[H-].[Na+]. The predicted octanol–water partition coefficient (Wildman–Crippen LogP) is 4.63. The molecule has 0 saturated heterocycles. The van der Waals surface area contributed by atoms with Crippen molar-refractivity contribution in [3.8, 4) is 39.9 Å². The van der Waals surface area contributed by atoms with Crippen LogP contribution in [0.1, 0.15) is 61.1 Å². The van der Waals surface area contributed by atoms with Crippen LogP contribution in [0.3, 0.4) is 0 Å². The molecule has 1 heterocycles. The van der Waals surface area contributed by atoms with Gasteiger partial charge < -0.3 is 30.4 Å². The molecule has 41 heavy (non-hydrogen) atoms. The van der Waals surface area contributed by atoms with Crippen molar-refractivity contribution in [3.05, 3.63) is 82.7 Å². The average Bonchev–Trinajstić information content (AvgIpc) is 3.27. The molecular weight excluding hydrogens is 533 g/mol. The van der Waals surface area contributed by atoms with E-state index in [2.05, 4.69) is 12.1 Å². The van der Waals surface area contributed by atoms with E-state index >= 15 is 0 Å². The monoisotopic (exact) mass is 569 g/mol. The summed E-state index contributed by atoms with van der Waals surface area (Å²) < 4.78 is 23.5. The van der Waals surface area contributed by atoms with Gasteiger partial charge in [0.25, 0.3) is 0 Å². The maximum absolute atomic E-state index is 11.6. The summed E-state index contributed by atoms with van der Waals surface area (Å²) in [5.41, 5.74) is 4.17. The summed E-state index contributed by atoms with van der Waals surface area (Å²) in [4.78, 5) is 11.6. The number of aryl methyl sites for hydroxylation is 3. The molecule has 212 valence electrons. The van der Waals surface area contributed by atoms with E-state index in [9.17, 15) is 15.0 Å². The van der Waals surface area contributed by atoms with Crippen molar-refractivity contribution in [1.29, 1.82) is 0 Å². The number of carboxylic acids is 1. The first-order chi connectivity index (χ1) is 19.3. The number of para-hydroxylation sites is 1. The molecule has 9 heteroatoms. The molecule has 8 nitrogen and oxygen atoms in total. The standard InChI is InChI=1S/C32H35NO7.Na.H/c1-5-11-23-27(14-9-15-28(23)39-29-13-8-7-12-24(29)32(35)36)37-16-10-17-38-30-19-26(34)25(18-22(30)6-2)31-20(3)33-40-21(31)4;;/h7-9,12-15,18-19,34H,5-6,10-11,16-17H2,1-4H3,(H,35,36);;/q;+1;-1. The van der Waals surface area contributed by atoms with E-state index in [4.69, 9.17) is 18.7 Å². The van der Waals surface area contributed by atoms with Crippen LogP contribution in [-0.2, 0) is 12.8 Å². The third-order valence-electron chi connectivity index (χ3n) is 6.59. The van der Waals surface area contributed by atoms with Crippen molar-refractivity contribution >= 4 is 5.97 Å². The molecule has 0 radical (unpaired) electrons. The molecule has 0 spiro atoms. The first-order valence-electron chi connectivity index (χ1n) is 13.5. The molecule has 0 atom stereocenters. The Morgan fingerprint density at radius 2 is 1.63 bits per heavy atom. The Morgan fingerprint density at radius 3 is 2.29 bits per heavy atom. The number of carboxylic acid groups (broad SMARTS) is 1. The van der Waals surface area contributed by atoms with Gasteiger partial charge in [-0.15, -0.1) is 0 Å². The van der Waals surface area contributed by atoms with Gasteiger partial charge in [0, 0.05) is 23.6 Å². The normalized spacial score (nSPS) is 10.6. The summed E-state index contributed by atoms with van der Waals surface area (Å²) >= 11 is 0. The molecule has 0 fully saturated rings. The Balaban J connectivity index is 0.00000308. The minimum absolute atomic E-state index is 0. The van der Waals surface area contributed by atoms with Gasteiger partial charge in [0.05, 0.1) is 24.5 Å². The fourth-order valence-electron chi connectivity index (χ4n) is 4.64. The van der Waals surface area contributed by atoms with Crippen LogP contribution in [0.25, 0.3) is 11.1 Å². The number of aromatic carboxylic acids is 1. The Hall–Kier alpha value is -3.46. The zero-order chi connectivity index (χ0) is 28.6. The molecule has 0 amide bonds. The number of benzene rings is 3. The van der Waals surface area contributed by atoms with E-state index in [1.807, 2.05) is 45.0 Å². The number of phenols is 1. The minimum Gasteiger partial charge on any atom is -1.00 e.